The average molecular weight is 217 g/mol. The molecule has 16 heavy (non-hydrogen) atoms. The molecular weight excluding hydrogens is 210 g/mol. The van der Waals surface area contributed by atoms with E-state index in [4.69, 9.17) is 10.2 Å². The summed E-state index contributed by atoms with van der Waals surface area (Å²) in [5.74, 6) is 4.21. The molecule has 0 aliphatic carbocycles. The predicted octanol–water partition coefficient (Wildman–Crippen LogP) is -0.257. The number of nitrogens with one attached hydrogen (secondary N) is 1. The summed E-state index contributed by atoms with van der Waals surface area (Å²) in [6, 6.07) is 1.56. The minimum absolute atomic E-state index is 0.0187. The second-order valence-corrected chi connectivity index (χ2v) is 3.03. The summed E-state index contributed by atoms with van der Waals surface area (Å²) in [5, 5.41) is 0. The molecule has 0 spiro atoms. The van der Waals surface area contributed by atoms with E-state index in [-0.39, 0.29) is 6.42 Å². The number of fused-ring (bicyclic) bond motifs is 1. The van der Waals surface area contributed by atoms with Crippen molar-refractivity contribution in [1.82, 2.24) is 9.97 Å². The van der Waals surface area contributed by atoms with Crippen LogP contribution in [0.5, 0.6) is 0 Å². The van der Waals surface area contributed by atoms with Gasteiger partial charge in [0.1, 0.15) is 0 Å². The zero-order valence-electron chi connectivity index (χ0n) is 8.11. The Hall–Kier alpha value is -2.55. The first-order valence-corrected chi connectivity index (χ1v) is 4.41. The molecule has 6 nitrogen and oxygen atoms in total. The van der Waals surface area contributed by atoms with Crippen LogP contribution in [-0.4, -0.2) is 15.9 Å². The normalized spacial score (nSPS) is 9.75. The number of nitrogens with two attached hydrogens (primary N) is 1. The fraction of sp³-hybridized carbons (Fsp3) is 0.100. The fourth-order valence-corrected chi connectivity index (χ4v) is 1.14. The van der Waals surface area contributed by atoms with Crippen molar-refractivity contribution in [2.24, 2.45) is 5.73 Å². The number of H-pyrrole nitrogens is 1. The van der Waals surface area contributed by atoms with Crippen LogP contribution in [-0.2, 0) is 4.79 Å². The molecule has 0 aromatic carbocycles. The van der Waals surface area contributed by atoms with Gasteiger partial charge in [-0.1, -0.05) is 11.8 Å². The van der Waals surface area contributed by atoms with Crippen LogP contribution >= 0.6 is 0 Å². The number of aromatic amines is 1. The Balaban J connectivity index is 2.34. The summed E-state index contributed by atoms with van der Waals surface area (Å²) in [7, 11) is 0. The minimum atomic E-state index is -0.565. The Labute approximate surface area is 89.5 Å². The molecule has 0 radical (unpaired) electrons. The molecule has 0 aliphatic rings. The third-order valence-electron chi connectivity index (χ3n) is 1.77. The molecule has 0 saturated carbocycles. The molecule has 2 aromatic heterocycles. The third kappa shape index (κ3) is 2.09. The zero-order chi connectivity index (χ0) is 11.5. The second-order valence-electron chi connectivity index (χ2n) is 3.03. The smallest absolute Gasteiger partial charge is 0.406 e. The Morgan fingerprint density at radius 3 is 3.19 bits per heavy atom. The second kappa shape index (κ2) is 3.90. The van der Waals surface area contributed by atoms with E-state index in [1.807, 2.05) is 0 Å². The van der Waals surface area contributed by atoms with Gasteiger partial charge in [-0.25, -0.2) is 9.78 Å². The number of carbonyl (C=O) groups excluding carboxylic acids is 1. The first kappa shape index (κ1) is 9.98. The highest BCUT2D eigenvalue weighted by Crippen LogP contribution is 2.07. The van der Waals surface area contributed by atoms with Crippen LogP contribution in [0.3, 0.4) is 0 Å². The first-order valence-electron chi connectivity index (χ1n) is 4.41. The number of oxazole rings is 1. The highest BCUT2D eigenvalue weighted by Gasteiger charge is 2.01. The first-order chi connectivity index (χ1) is 7.65. The van der Waals surface area contributed by atoms with E-state index < -0.39 is 11.7 Å². The van der Waals surface area contributed by atoms with Crippen molar-refractivity contribution in [3.05, 3.63) is 28.4 Å². The average Bonchev–Trinajstić information content (AvgIpc) is 2.56. The quantitative estimate of drug-likeness (QED) is 0.642. The van der Waals surface area contributed by atoms with Crippen LogP contribution in [0.1, 0.15) is 12.0 Å². The maximum Gasteiger partial charge on any atom is 0.418 e. The van der Waals surface area contributed by atoms with Gasteiger partial charge < -0.3 is 10.2 Å². The maximum atomic E-state index is 10.8. The number of pyridine rings is 1. The summed E-state index contributed by atoms with van der Waals surface area (Å²) in [6.45, 7) is 0. The largest absolute Gasteiger partial charge is 0.418 e. The van der Waals surface area contributed by atoms with E-state index in [9.17, 15) is 9.59 Å². The third-order valence-corrected chi connectivity index (χ3v) is 1.77. The number of hydrogen-bond acceptors (Lipinski definition) is 4. The molecular formula is C10H7N3O3. The number of carbonyl (C=O) groups is 1. The molecule has 0 fully saturated rings. The van der Waals surface area contributed by atoms with Gasteiger partial charge >= 0.3 is 5.76 Å². The van der Waals surface area contributed by atoms with Gasteiger partial charge in [-0.05, 0) is 0 Å². The van der Waals surface area contributed by atoms with Gasteiger partial charge in [0.2, 0.25) is 5.91 Å². The number of hydrogen-bond donors (Lipinski definition) is 2. The van der Waals surface area contributed by atoms with Crippen LogP contribution in [0.15, 0.2) is 21.5 Å². The minimum Gasteiger partial charge on any atom is -0.406 e. The van der Waals surface area contributed by atoms with Crippen LogP contribution in [0.2, 0.25) is 0 Å². The number of amides is 1. The molecule has 1 amide bonds. The van der Waals surface area contributed by atoms with Crippen molar-refractivity contribution in [2.45, 2.75) is 6.42 Å². The summed E-state index contributed by atoms with van der Waals surface area (Å²) in [6.07, 6.45) is 1.46. The summed E-state index contributed by atoms with van der Waals surface area (Å²) in [5.41, 5.74) is 6.18. The number of nitrogens with zero attached hydrogens (tertiary/aromatic N) is 1. The topological polar surface area (TPSA) is 102 Å². The van der Waals surface area contributed by atoms with Crippen LogP contribution in [0.4, 0.5) is 0 Å². The van der Waals surface area contributed by atoms with Crippen molar-refractivity contribution >= 4 is 17.1 Å². The van der Waals surface area contributed by atoms with Crippen molar-refractivity contribution < 1.29 is 9.21 Å². The van der Waals surface area contributed by atoms with Gasteiger partial charge in [0.15, 0.2) is 11.2 Å². The van der Waals surface area contributed by atoms with Crippen LogP contribution < -0.4 is 11.5 Å². The van der Waals surface area contributed by atoms with E-state index in [0.717, 1.165) is 0 Å². The Morgan fingerprint density at radius 1 is 1.62 bits per heavy atom. The predicted molar refractivity (Wildman–Crippen MR) is 55.3 cm³/mol. The summed E-state index contributed by atoms with van der Waals surface area (Å²) >= 11 is 0. The molecule has 6 heteroatoms. The standard InChI is InChI=1S/C10H7N3O3/c11-8(14)3-1-2-6-4-7-9(12-5-6)13-10(15)16-7/h4-5H,3H2,(H2,11,14)(H,12,13,15). The summed E-state index contributed by atoms with van der Waals surface area (Å²) in [4.78, 5) is 27.6. The monoisotopic (exact) mass is 217 g/mol. The SMILES string of the molecule is NC(=O)CC#Cc1cnc2[nH]c(=O)oc2c1. The lowest BCUT2D eigenvalue weighted by Crippen LogP contribution is -2.08. The molecule has 0 unspecified atom stereocenters. The van der Waals surface area contributed by atoms with Gasteiger partial charge in [0.25, 0.3) is 0 Å². The molecule has 3 N–H and O–H groups in total. The lowest BCUT2D eigenvalue weighted by Gasteiger charge is -1.88. The van der Waals surface area contributed by atoms with Crippen molar-refractivity contribution in [3.8, 4) is 11.8 Å². The molecule has 0 saturated heterocycles. The van der Waals surface area contributed by atoms with E-state index >= 15 is 0 Å². The van der Waals surface area contributed by atoms with Gasteiger partial charge in [0, 0.05) is 17.8 Å². The van der Waals surface area contributed by atoms with Crippen LogP contribution in [0, 0.1) is 11.8 Å². The molecule has 2 heterocycles. The Morgan fingerprint density at radius 2 is 2.44 bits per heavy atom. The highest BCUT2D eigenvalue weighted by atomic mass is 16.4. The van der Waals surface area contributed by atoms with Crippen molar-refractivity contribution in [3.63, 3.8) is 0 Å². The lowest BCUT2D eigenvalue weighted by atomic mass is 10.2. The molecule has 80 valence electrons. The van der Waals surface area contributed by atoms with E-state index in [1.165, 1.54) is 6.20 Å². The highest BCUT2D eigenvalue weighted by molar-refractivity contribution is 5.76. The van der Waals surface area contributed by atoms with Gasteiger partial charge in [-0.2, -0.15) is 0 Å². The van der Waals surface area contributed by atoms with Crippen molar-refractivity contribution in [2.75, 3.05) is 0 Å². The number of primary amides is 1. The summed E-state index contributed by atoms with van der Waals surface area (Å²) < 4.78 is 4.80. The molecule has 2 rings (SSSR count). The molecule has 2 aromatic rings. The Bertz CT molecular complexity index is 657. The van der Waals surface area contributed by atoms with Crippen molar-refractivity contribution in [1.29, 1.82) is 0 Å². The fourth-order valence-electron chi connectivity index (χ4n) is 1.14. The van der Waals surface area contributed by atoms with E-state index in [0.29, 0.717) is 16.8 Å². The lowest BCUT2D eigenvalue weighted by molar-refractivity contribution is -0.117. The van der Waals surface area contributed by atoms with Crippen LogP contribution in [0.25, 0.3) is 11.2 Å². The molecule has 0 bridgehead atoms. The molecule has 0 aliphatic heterocycles. The molecule has 0 atom stereocenters. The Kier molecular flexibility index (Phi) is 2.44. The van der Waals surface area contributed by atoms with Gasteiger partial charge in [0.05, 0.1) is 6.42 Å². The van der Waals surface area contributed by atoms with Gasteiger partial charge in [-0.15, -0.1) is 0 Å². The zero-order valence-corrected chi connectivity index (χ0v) is 8.11. The van der Waals surface area contributed by atoms with E-state index in [1.54, 1.807) is 6.07 Å². The number of rotatable bonds is 1. The van der Waals surface area contributed by atoms with E-state index in [2.05, 4.69) is 21.8 Å². The maximum absolute atomic E-state index is 10.8. The number of aromatic nitrogens is 2. The van der Waals surface area contributed by atoms with Gasteiger partial charge in [-0.3, -0.25) is 9.78 Å².